The first-order valence-corrected chi connectivity index (χ1v) is 12.5. The molecule has 6 nitrogen and oxygen atoms in total. The number of aliphatic hydroxyl groups is 1. The predicted molar refractivity (Wildman–Crippen MR) is 119 cm³/mol. The molecule has 2 bridgehead atoms. The molecule has 33 heavy (non-hydrogen) atoms. The fraction of sp³-hybridized carbons (Fsp3) is 0.704. The topological polar surface area (TPSA) is 85.4 Å². The Labute approximate surface area is 195 Å². The minimum atomic E-state index is -1.14. The SMILES string of the molecule is C[C@@]12CCC[C@@](C)(C(=O)OCc3ccccc3)[C@H]1CC[C@@]13C[C@](O)(CC[C@H]12)[C@@]1(CO1)C(=O)O3. The van der Waals surface area contributed by atoms with Crippen LogP contribution in [-0.4, -0.2) is 40.5 Å². The lowest BCUT2D eigenvalue weighted by Crippen LogP contribution is -2.72. The Hall–Kier alpha value is -1.92. The number of esters is 2. The average Bonchev–Trinajstić information content (AvgIpc) is 3.59. The van der Waals surface area contributed by atoms with Crippen LogP contribution in [0.5, 0.6) is 0 Å². The van der Waals surface area contributed by atoms with Crippen molar-refractivity contribution in [3.8, 4) is 0 Å². The summed E-state index contributed by atoms with van der Waals surface area (Å²) in [5.74, 6) is -0.207. The van der Waals surface area contributed by atoms with Gasteiger partial charge in [-0.25, -0.2) is 4.79 Å². The lowest BCUT2D eigenvalue weighted by atomic mass is 9.41. The van der Waals surface area contributed by atoms with Crippen molar-refractivity contribution < 1.29 is 28.9 Å². The van der Waals surface area contributed by atoms with Crippen LogP contribution in [0, 0.1) is 22.7 Å². The molecule has 0 amide bonds. The highest BCUT2D eigenvalue weighted by Gasteiger charge is 2.78. The molecule has 6 rings (SSSR count). The van der Waals surface area contributed by atoms with Crippen LogP contribution in [0.4, 0.5) is 0 Å². The van der Waals surface area contributed by atoms with Crippen LogP contribution in [0.1, 0.15) is 70.8 Å². The van der Waals surface area contributed by atoms with E-state index in [1.54, 1.807) is 0 Å². The molecule has 3 saturated carbocycles. The van der Waals surface area contributed by atoms with Gasteiger partial charge in [-0.1, -0.05) is 43.7 Å². The molecule has 2 saturated heterocycles. The van der Waals surface area contributed by atoms with E-state index >= 15 is 0 Å². The molecule has 0 aromatic heterocycles. The minimum Gasteiger partial charge on any atom is -0.460 e. The first kappa shape index (κ1) is 21.6. The van der Waals surface area contributed by atoms with Crippen molar-refractivity contribution in [2.24, 2.45) is 22.7 Å². The first-order chi connectivity index (χ1) is 15.7. The van der Waals surface area contributed by atoms with Gasteiger partial charge in [-0.05, 0) is 62.3 Å². The Morgan fingerprint density at radius 3 is 2.55 bits per heavy atom. The van der Waals surface area contributed by atoms with Crippen LogP contribution < -0.4 is 0 Å². The number of carbonyl (C=O) groups is 2. The molecule has 0 unspecified atom stereocenters. The van der Waals surface area contributed by atoms with Gasteiger partial charge in [-0.2, -0.15) is 0 Å². The third-order valence-electron chi connectivity index (χ3n) is 10.2. The van der Waals surface area contributed by atoms with Crippen LogP contribution in [0.2, 0.25) is 0 Å². The lowest BCUT2D eigenvalue weighted by Gasteiger charge is -2.66. The third kappa shape index (κ3) is 2.80. The summed E-state index contributed by atoms with van der Waals surface area (Å²) in [4.78, 5) is 26.5. The second-order valence-electron chi connectivity index (χ2n) is 11.8. The van der Waals surface area contributed by atoms with Gasteiger partial charge in [0.25, 0.3) is 0 Å². The van der Waals surface area contributed by atoms with Crippen LogP contribution in [0.15, 0.2) is 30.3 Å². The zero-order chi connectivity index (χ0) is 23.1. The number of fused-ring (bicyclic) bond motifs is 4. The molecule has 1 aromatic rings. The van der Waals surface area contributed by atoms with E-state index in [1.807, 2.05) is 30.3 Å². The molecule has 5 fully saturated rings. The van der Waals surface area contributed by atoms with Crippen molar-refractivity contribution in [1.82, 2.24) is 0 Å². The molecule has 2 spiro atoms. The fourth-order valence-corrected chi connectivity index (χ4v) is 8.46. The van der Waals surface area contributed by atoms with Gasteiger partial charge >= 0.3 is 11.9 Å². The Balaban J connectivity index is 1.27. The van der Waals surface area contributed by atoms with E-state index in [0.717, 1.165) is 37.7 Å². The maximum absolute atomic E-state index is 13.5. The summed E-state index contributed by atoms with van der Waals surface area (Å²) in [5.41, 5.74) is -2.63. The number of ether oxygens (including phenoxy) is 3. The zero-order valence-corrected chi connectivity index (χ0v) is 19.6. The van der Waals surface area contributed by atoms with Crippen molar-refractivity contribution in [2.45, 2.75) is 88.6 Å². The van der Waals surface area contributed by atoms with Crippen LogP contribution >= 0.6 is 0 Å². The van der Waals surface area contributed by atoms with Crippen LogP contribution in [0.25, 0.3) is 0 Å². The van der Waals surface area contributed by atoms with Gasteiger partial charge in [0.1, 0.15) is 17.8 Å². The lowest BCUT2D eigenvalue weighted by molar-refractivity contribution is -0.275. The van der Waals surface area contributed by atoms with Gasteiger partial charge in [0, 0.05) is 12.3 Å². The van der Waals surface area contributed by atoms with E-state index < -0.39 is 22.2 Å². The molecular formula is C27H34O6. The van der Waals surface area contributed by atoms with E-state index in [-0.39, 0.29) is 35.8 Å². The Bertz CT molecular complexity index is 988. The van der Waals surface area contributed by atoms with Gasteiger partial charge in [-0.3, -0.25) is 4.79 Å². The van der Waals surface area contributed by atoms with Crippen molar-refractivity contribution in [1.29, 1.82) is 0 Å². The number of epoxide rings is 1. The molecule has 2 heterocycles. The van der Waals surface area contributed by atoms with E-state index in [0.29, 0.717) is 25.9 Å². The highest BCUT2D eigenvalue weighted by molar-refractivity contribution is 5.86. The molecule has 2 aliphatic heterocycles. The normalized spacial score (nSPS) is 47.8. The molecule has 3 aliphatic carbocycles. The van der Waals surface area contributed by atoms with Gasteiger partial charge in [0.15, 0.2) is 0 Å². The van der Waals surface area contributed by atoms with Crippen molar-refractivity contribution in [3.63, 3.8) is 0 Å². The van der Waals surface area contributed by atoms with Gasteiger partial charge < -0.3 is 19.3 Å². The van der Waals surface area contributed by atoms with E-state index in [9.17, 15) is 14.7 Å². The highest BCUT2D eigenvalue weighted by Crippen LogP contribution is 2.69. The van der Waals surface area contributed by atoms with Gasteiger partial charge in [0.2, 0.25) is 5.60 Å². The molecule has 1 aromatic carbocycles. The minimum absolute atomic E-state index is 0.114. The largest absolute Gasteiger partial charge is 0.460 e. The zero-order valence-electron chi connectivity index (χ0n) is 19.6. The van der Waals surface area contributed by atoms with Crippen LogP contribution in [0.3, 0.4) is 0 Å². The third-order valence-corrected chi connectivity index (χ3v) is 10.2. The first-order valence-electron chi connectivity index (χ1n) is 12.5. The molecule has 5 aliphatic rings. The number of hydrogen-bond acceptors (Lipinski definition) is 6. The summed E-state index contributed by atoms with van der Waals surface area (Å²) in [6.07, 6.45) is 6.04. The monoisotopic (exact) mass is 454 g/mol. The van der Waals surface area contributed by atoms with Crippen LogP contribution in [-0.2, 0) is 30.4 Å². The number of carbonyl (C=O) groups excluding carboxylic acids is 2. The van der Waals surface area contributed by atoms with Crippen molar-refractivity contribution in [2.75, 3.05) is 6.61 Å². The average molecular weight is 455 g/mol. The predicted octanol–water partition coefficient (Wildman–Crippen LogP) is 3.93. The number of hydrogen-bond donors (Lipinski definition) is 1. The highest BCUT2D eigenvalue weighted by atomic mass is 16.7. The standard InChI is InChI=1S/C27H34O6/c1-23-11-6-12-24(2,21(28)31-15-18-7-4-3-5-8-18)19(23)9-13-25-16-26(30,14-10-20(23)25)27(17-32-27)22(29)33-25/h3-5,7-8,19-20,30H,6,9-17H2,1-2H3/t19-,20-,23+,24+,25+,26+,27+/m0/s1. The fourth-order valence-electron chi connectivity index (χ4n) is 8.46. The molecule has 0 radical (unpaired) electrons. The maximum Gasteiger partial charge on any atom is 0.344 e. The Morgan fingerprint density at radius 1 is 1.09 bits per heavy atom. The van der Waals surface area contributed by atoms with E-state index in [4.69, 9.17) is 14.2 Å². The number of rotatable bonds is 3. The maximum atomic E-state index is 13.5. The van der Waals surface area contributed by atoms with Gasteiger partial charge in [-0.15, -0.1) is 0 Å². The second-order valence-corrected chi connectivity index (χ2v) is 11.8. The summed E-state index contributed by atoms with van der Waals surface area (Å²) in [5, 5.41) is 11.4. The number of benzene rings is 1. The summed E-state index contributed by atoms with van der Waals surface area (Å²) >= 11 is 0. The second kappa shape index (κ2) is 6.82. The summed E-state index contributed by atoms with van der Waals surface area (Å²) in [6.45, 7) is 4.92. The quantitative estimate of drug-likeness (QED) is 0.550. The summed E-state index contributed by atoms with van der Waals surface area (Å²) < 4.78 is 17.6. The summed E-state index contributed by atoms with van der Waals surface area (Å²) in [6, 6.07) is 9.81. The van der Waals surface area contributed by atoms with E-state index in [1.165, 1.54) is 0 Å². The molecule has 1 N–H and O–H groups in total. The van der Waals surface area contributed by atoms with Gasteiger partial charge in [0.05, 0.1) is 12.0 Å². The molecule has 7 atom stereocenters. The molecular weight excluding hydrogens is 420 g/mol. The molecule has 6 heteroatoms. The summed E-state index contributed by atoms with van der Waals surface area (Å²) in [7, 11) is 0. The van der Waals surface area contributed by atoms with E-state index in [2.05, 4.69) is 13.8 Å². The van der Waals surface area contributed by atoms with Crippen molar-refractivity contribution in [3.05, 3.63) is 35.9 Å². The smallest absolute Gasteiger partial charge is 0.344 e. The Morgan fingerprint density at radius 2 is 1.82 bits per heavy atom. The molecule has 178 valence electrons. The van der Waals surface area contributed by atoms with Crippen molar-refractivity contribution >= 4 is 11.9 Å². The Kier molecular flexibility index (Phi) is 4.46.